The number of rotatable bonds is 10. The molecule has 134 valence electrons. The Kier molecular flexibility index (Phi) is 10.9. The van der Waals surface area contributed by atoms with Gasteiger partial charge in [-0.15, -0.1) is 0 Å². The van der Waals surface area contributed by atoms with Crippen LogP contribution in [0.2, 0.25) is 0 Å². The van der Waals surface area contributed by atoms with E-state index in [1.54, 1.807) is 20.3 Å². The zero-order valence-corrected chi connectivity index (χ0v) is 15.7. The van der Waals surface area contributed by atoms with E-state index in [0.717, 1.165) is 44.0 Å². The van der Waals surface area contributed by atoms with Crippen LogP contribution in [0, 0.1) is 0 Å². The molecule has 0 aliphatic rings. The molecule has 0 atom stereocenters. The second-order valence-electron chi connectivity index (χ2n) is 4.92. The molecule has 1 aromatic rings. The lowest BCUT2D eigenvalue weighted by atomic mass is 10.2. The number of aromatic nitrogens is 2. The van der Waals surface area contributed by atoms with Crippen molar-refractivity contribution in [1.29, 1.82) is 0 Å². The molecule has 0 aliphatic carbocycles. The van der Waals surface area contributed by atoms with E-state index < -0.39 is 0 Å². The lowest BCUT2D eigenvalue weighted by Crippen LogP contribution is -2.37. The van der Waals surface area contributed by atoms with Gasteiger partial charge in [0.1, 0.15) is 0 Å². The van der Waals surface area contributed by atoms with Gasteiger partial charge in [0.15, 0.2) is 10.2 Å². The third-order valence-corrected chi connectivity index (χ3v) is 3.72. The molecule has 0 amide bonds. The molecule has 0 radical (unpaired) electrons. The fraction of sp³-hybridized carbons (Fsp3) is 0.571. The Morgan fingerprint density at radius 1 is 0.917 bits per heavy atom. The molecule has 24 heavy (non-hydrogen) atoms. The fourth-order valence-corrected chi connectivity index (χ4v) is 2.00. The van der Waals surface area contributed by atoms with Crippen LogP contribution >= 0.6 is 24.4 Å². The largest absolute Gasteiger partial charge is 0.366 e. The highest BCUT2D eigenvalue weighted by Gasteiger charge is 1.99. The molecule has 0 fully saturated rings. The topological polar surface area (TPSA) is 98.0 Å². The van der Waals surface area contributed by atoms with Gasteiger partial charge >= 0.3 is 0 Å². The van der Waals surface area contributed by atoms with Crippen molar-refractivity contribution in [2.75, 3.05) is 40.3 Å². The Bertz CT molecular complexity index is 470. The van der Waals surface area contributed by atoms with Crippen LogP contribution in [0.3, 0.4) is 0 Å². The predicted molar refractivity (Wildman–Crippen MR) is 105 cm³/mol. The molecular weight excluding hydrogens is 344 g/mol. The molecule has 0 aliphatic heterocycles. The standard InChI is InChI=1S/C14H26N8S2/c1-15-13(23)19-5-3-17-8-11-7-12(22-21-9-11)10-18-4-6-20-14(24)16-2/h7,9,17-18H,3-6,8,10H2,1-2H3,(H2,15,19,23)(H2,16,20,24). The zero-order valence-electron chi connectivity index (χ0n) is 14.1. The summed E-state index contributed by atoms with van der Waals surface area (Å²) in [6.07, 6.45) is 1.77. The highest BCUT2D eigenvalue weighted by atomic mass is 32.1. The summed E-state index contributed by atoms with van der Waals surface area (Å²) in [5.74, 6) is 0. The molecule has 8 nitrogen and oxygen atoms in total. The van der Waals surface area contributed by atoms with Gasteiger partial charge in [0.05, 0.1) is 11.9 Å². The molecule has 10 heteroatoms. The van der Waals surface area contributed by atoms with E-state index in [2.05, 4.69) is 42.1 Å². The van der Waals surface area contributed by atoms with E-state index in [1.165, 1.54) is 0 Å². The van der Waals surface area contributed by atoms with Crippen LogP contribution in [0.1, 0.15) is 11.3 Å². The Labute approximate surface area is 154 Å². The highest BCUT2D eigenvalue weighted by molar-refractivity contribution is 7.80. The summed E-state index contributed by atoms with van der Waals surface area (Å²) in [4.78, 5) is 0. The zero-order chi connectivity index (χ0) is 17.6. The third-order valence-electron chi connectivity index (χ3n) is 3.03. The number of nitrogens with zero attached hydrogens (tertiary/aromatic N) is 2. The maximum atomic E-state index is 5.01. The summed E-state index contributed by atoms with van der Waals surface area (Å²) >= 11 is 10.0. The van der Waals surface area contributed by atoms with Crippen LogP contribution in [-0.4, -0.2) is 60.7 Å². The van der Waals surface area contributed by atoms with E-state index in [4.69, 9.17) is 24.4 Å². The summed E-state index contributed by atoms with van der Waals surface area (Å²) in [5, 5.41) is 28.0. The minimum absolute atomic E-state index is 0.648. The van der Waals surface area contributed by atoms with Crippen LogP contribution in [0.15, 0.2) is 12.3 Å². The summed E-state index contributed by atoms with van der Waals surface area (Å²) in [6.45, 7) is 4.56. The first-order valence-electron chi connectivity index (χ1n) is 7.78. The van der Waals surface area contributed by atoms with Crippen molar-refractivity contribution in [2.24, 2.45) is 0 Å². The van der Waals surface area contributed by atoms with E-state index in [9.17, 15) is 0 Å². The second kappa shape index (κ2) is 12.8. The van der Waals surface area contributed by atoms with Gasteiger partial charge in [-0.2, -0.15) is 10.2 Å². The Balaban J connectivity index is 2.18. The van der Waals surface area contributed by atoms with Crippen molar-refractivity contribution in [3.05, 3.63) is 23.5 Å². The lowest BCUT2D eigenvalue weighted by Gasteiger charge is -2.09. The van der Waals surface area contributed by atoms with Crippen molar-refractivity contribution in [2.45, 2.75) is 13.1 Å². The molecule has 0 unspecified atom stereocenters. The Morgan fingerprint density at radius 2 is 1.50 bits per heavy atom. The summed E-state index contributed by atoms with van der Waals surface area (Å²) in [5.41, 5.74) is 2.02. The molecule has 0 spiro atoms. The quantitative estimate of drug-likeness (QED) is 0.224. The van der Waals surface area contributed by atoms with Crippen LogP contribution in [0.25, 0.3) is 0 Å². The van der Waals surface area contributed by atoms with E-state index >= 15 is 0 Å². The summed E-state index contributed by atoms with van der Waals surface area (Å²) in [7, 11) is 3.59. The summed E-state index contributed by atoms with van der Waals surface area (Å²) in [6, 6.07) is 2.05. The van der Waals surface area contributed by atoms with Crippen molar-refractivity contribution in [3.63, 3.8) is 0 Å². The SMILES string of the molecule is CNC(=S)NCCNCc1cnnc(CNCCNC(=S)NC)c1. The molecule has 1 heterocycles. The predicted octanol–water partition coefficient (Wildman–Crippen LogP) is -1.16. The molecule has 0 bridgehead atoms. The number of nitrogens with one attached hydrogen (secondary N) is 6. The normalized spacial score (nSPS) is 10.1. The van der Waals surface area contributed by atoms with Gasteiger partial charge in [0.2, 0.25) is 0 Å². The fourth-order valence-electron chi connectivity index (χ4n) is 1.80. The van der Waals surface area contributed by atoms with Crippen molar-refractivity contribution in [1.82, 2.24) is 42.1 Å². The Morgan fingerprint density at radius 3 is 2.08 bits per heavy atom. The van der Waals surface area contributed by atoms with Gasteiger partial charge in [-0.05, 0) is 36.1 Å². The average molecular weight is 371 g/mol. The number of hydrogen-bond donors (Lipinski definition) is 6. The lowest BCUT2D eigenvalue weighted by molar-refractivity contribution is 0.643. The van der Waals surface area contributed by atoms with Crippen LogP contribution in [-0.2, 0) is 13.1 Å². The van der Waals surface area contributed by atoms with Gasteiger partial charge in [0, 0.05) is 53.4 Å². The van der Waals surface area contributed by atoms with Crippen molar-refractivity contribution in [3.8, 4) is 0 Å². The smallest absolute Gasteiger partial charge is 0.166 e. The van der Waals surface area contributed by atoms with Crippen molar-refractivity contribution < 1.29 is 0 Å². The molecule has 0 aromatic carbocycles. The van der Waals surface area contributed by atoms with Gasteiger partial charge in [-0.3, -0.25) is 0 Å². The maximum absolute atomic E-state index is 5.01. The van der Waals surface area contributed by atoms with Crippen LogP contribution in [0.4, 0.5) is 0 Å². The minimum Gasteiger partial charge on any atom is -0.366 e. The molecule has 1 rings (SSSR count). The first-order valence-corrected chi connectivity index (χ1v) is 8.60. The Hall–Kier alpha value is -1.62. The van der Waals surface area contributed by atoms with Gasteiger partial charge in [0.25, 0.3) is 0 Å². The van der Waals surface area contributed by atoms with Gasteiger partial charge in [-0.1, -0.05) is 0 Å². The van der Waals surface area contributed by atoms with E-state index in [-0.39, 0.29) is 0 Å². The van der Waals surface area contributed by atoms with Crippen LogP contribution in [0.5, 0.6) is 0 Å². The first-order chi connectivity index (χ1) is 11.7. The summed E-state index contributed by atoms with van der Waals surface area (Å²) < 4.78 is 0. The monoisotopic (exact) mass is 370 g/mol. The highest BCUT2D eigenvalue weighted by Crippen LogP contribution is 1.99. The average Bonchev–Trinajstić information content (AvgIpc) is 2.61. The van der Waals surface area contributed by atoms with Gasteiger partial charge in [-0.25, -0.2) is 0 Å². The molecule has 6 N–H and O–H groups in total. The molecule has 1 aromatic heterocycles. The minimum atomic E-state index is 0.648. The maximum Gasteiger partial charge on any atom is 0.166 e. The van der Waals surface area contributed by atoms with E-state index in [1.807, 2.05) is 6.07 Å². The molecule has 0 saturated heterocycles. The molecule has 0 saturated carbocycles. The van der Waals surface area contributed by atoms with E-state index in [0.29, 0.717) is 16.8 Å². The second-order valence-corrected chi connectivity index (χ2v) is 5.74. The van der Waals surface area contributed by atoms with Gasteiger partial charge < -0.3 is 31.9 Å². The molecular formula is C14H26N8S2. The third kappa shape index (κ3) is 9.50. The van der Waals surface area contributed by atoms with Crippen LogP contribution < -0.4 is 31.9 Å². The number of hydrogen-bond acceptors (Lipinski definition) is 6. The number of thiocarbonyl (C=S) groups is 2. The first kappa shape index (κ1) is 20.4. The van der Waals surface area contributed by atoms with Crippen molar-refractivity contribution >= 4 is 34.7 Å².